The molecule has 0 fully saturated rings. The Morgan fingerprint density at radius 3 is 2.70 bits per heavy atom. The molecule has 0 amide bonds. The highest BCUT2D eigenvalue weighted by Crippen LogP contribution is 2.12. The number of hydrogen-bond donors (Lipinski definition) is 1. The first-order chi connectivity index (χ1) is 9.49. The van der Waals surface area contributed by atoms with Crippen molar-refractivity contribution >= 4 is 10.0 Å². The molecule has 0 spiro atoms. The summed E-state index contributed by atoms with van der Waals surface area (Å²) in [6.07, 6.45) is 3.53. The van der Waals surface area contributed by atoms with Gasteiger partial charge in [-0.15, -0.1) is 0 Å². The molecule has 0 aliphatic rings. The number of aromatic nitrogens is 3. The van der Waals surface area contributed by atoms with Crippen LogP contribution >= 0.6 is 0 Å². The van der Waals surface area contributed by atoms with Crippen LogP contribution in [-0.2, 0) is 16.6 Å². The van der Waals surface area contributed by atoms with Gasteiger partial charge in [0.15, 0.2) is 0 Å². The van der Waals surface area contributed by atoms with E-state index < -0.39 is 15.3 Å². The summed E-state index contributed by atoms with van der Waals surface area (Å²) in [7, 11) is -3.22. The topological polar surface area (TPSA) is 76.9 Å². The second kappa shape index (κ2) is 6.15. The van der Waals surface area contributed by atoms with Crippen LogP contribution in [0.4, 0.5) is 0 Å². The molecule has 20 heavy (non-hydrogen) atoms. The molecule has 7 heteroatoms. The molecule has 0 saturated carbocycles. The summed E-state index contributed by atoms with van der Waals surface area (Å²) < 4.78 is 27.4. The van der Waals surface area contributed by atoms with Gasteiger partial charge >= 0.3 is 0 Å². The third kappa shape index (κ3) is 3.64. The van der Waals surface area contributed by atoms with E-state index in [1.165, 1.54) is 0 Å². The first-order valence-corrected chi connectivity index (χ1v) is 7.97. The minimum atomic E-state index is -3.22. The molecule has 2 aromatic rings. The van der Waals surface area contributed by atoms with Crippen molar-refractivity contribution in [2.45, 2.75) is 25.6 Å². The highest BCUT2D eigenvalue weighted by atomic mass is 32.2. The van der Waals surface area contributed by atoms with Crippen LogP contribution in [0.5, 0.6) is 0 Å². The summed E-state index contributed by atoms with van der Waals surface area (Å²) in [4.78, 5) is 4.22. The zero-order valence-electron chi connectivity index (χ0n) is 11.5. The molecule has 0 atom stereocenters. The predicted octanol–water partition coefficient (Wildman–Crippen LogP) is 1.27. The van der Waals surface area contributed by atoms with Gasteiger partial charge in [0.05, 0.1) is 17.5 Å². The molecule has 0 saturated heterocycles. The van der Waals surface area contributed by atoms with Crippen molar-refractivity contribution in [1.82, 2.24) is 19.5 Å². The summed E-state index contributed by atoms with van der Waals surface area (Å²) in [5, 5.41) is 3.94. The number of nitrogens with zero attached hydrogens (tertiary/aromatic N) is 3. The van der Waals surface area contributed by atoms with Crippen molar-refractivity contribution in [3.8, 4) is 11.4 Å². The zero-order valence-corrected chi connectivity index (χ0v) is 12.3. The van der Waals surface area contributed by atoms with E-state index in [-0.39, 0.29) is 0 Å². The van der Waals surface area contributed by atoms with E-state index in [1.54, 1.807) is 24.7 Å². The van der Waals surface area contributed by atoms with Crippen molar-refractivity contribution in [2.24, 2.45) is 0 Å². The molecule has 0 aliphatic carbocycles. The molecule has 2 aromatic heterocycles. The van der Waals surface area contributed by atoms with Gasteiger partial charge in [-0.3, -0.25) is 9.67 Å². The Hall–Kier alpha value is -1.73. The van der Waals surface area contributed by atoms with Crippen LogP contribution in [0.25, 0.3) is 11.4 Å². The van der Waals surface area contributed by atoms with Gasteiger partial charge in [-0.25, -0.2) is 13.1 Å². The normalized spacial score (nSPS) is 11.9. The predicted molar refractivity (Wildman–Crippen MR) is 77.5 cm³/mol. The molecule has 6 nitrogen and oxygen atoms in total. The molecule has 0 bridgehead atoms. The lowest BCUT2D eigenvalue weighted by Crippen LogP contribution is -2.33. The molecule has 2 rings (SSSR count). The average Bonchev–Trinajstić information content (AvgIpc) is 2.88. The maximum atomic E-state index is 11.6. The number of sulfonamides is 1. The Morgan fingerprint density at radius 1 is 1.25 bits per heavy atom. The smallest absolute Gasteiger partial charge is 0.213 e. The monoisotopic (exact) mass is 294 g/mol. The van der Waals surface area contributed by atoms with E-state index in [2.05, 4.69) is 14.8 Å². The van der Waals surface area contributed by atoms with Gasteiger partial charge in [0.2, 0.25) is 10.0 Å². The molecular weight excluding hydrogens is 276 g/mol. The Labute approximate surface area is 118 Å². The highest BCUT2D eigenvalue weighted by Gasteiger charge is 2.14. The fraction of sp³-hybridized carbons (Fsp3) is 0.385. The third-order valence-electron chi connectivity index (χ3n) is 2.83. The van der Waals surface area contributed by atoms with Crippen molar-refractivity contribution in [3.05, 3.63) is 36.7 Å². The molecule has 108 valence electrons. The lowest BCUT2D eigenvalue weighted by molar-refractivity contribution is 0.554. The van der Waals surface area contributed by atoms with Crippen LogP contribution in [0.3, 0.4) is 0 Å². The second-order valence-electron chi connectivity index (χ2n) is 4.67. The molecule has 1 N–H and O–H groups in total. The van der Waals surface area contributed by atoms with E-state index in [4.69, 9.17) is 0 Å². The van der Waals surface area contributed by atoms with Crippen LogP contribution in [0.15, 0.2) is 36.7 Å². The molecule has 0 aromatic carbocycles. The van der Waals surface area contributed by atoms with Gasteiger partial charge in [-0.2, -0.15) is 5.10 Å². The van der Waals surface area contributed by atoms with Crippen molar-refractivity contribution < 1.29 is 8.42 Å². The first kappa shape index (κ1) is 14.7. The van der Waals surface area contributed by atoms with E-state index in [9.17, 15) is 8.42 Å². The fourth-order valence-corrected chi connectivity index (χ4v) is 2.32. The van der Waals surface area contributed by atoms with E-state index in [0.717, 1.165) is 11.4 Å². The highest BCUT2D eigenvalue weighted by molar-refractivity contribution is 7.90. The zero-order chi connectivity index (χ0) is 14.6. The van der Waals surface area contributed by atoms with E-state index >= 15 is 0 Å². The average molecular weight is 294 g/mol. The summed E-state index contributed by atoms with van der Waals surface area (Å²) in [5.41, 5.74) is 1.58. The Morgan fingerprint density at radius 2 is 2.05 bits per heavy atom. The maximum Gasteiger partial charge on any atom is 0.213 e. The van der Waals surface area contributed by atoms with Crippen molar-refractivity contribution in [2.75, 3.05) is 6.54 Å². The molecular formula is C13H18N4O2S. The summed E-state index contributed by atoms with van der Waals surface area (Å²) in [5.74, 6) is 0. The quantitative estimate of drug-likeness (QED) is 0.870. The fourth-order valence-electron chi connectivity index (χ4n) is 1.61. The SMILES string of the molecule is CC(C)S(=O)(=O)NCCn1ccc(-c2ccccn2)n1. The van der Waals surface area contributed by atoms with Gasteiger partial charge in [-0.1, -0.05) is 6.07 Å². The lowest BCUT2D eigenvalue weighted by Gasteiger charge is -2.09. The van der Waals surface area contributed by atoms with E-state index in [1.807, 2.05) is 30.5 Å². The van der Waals surface area contributed by atoms with Gasteiger partial charge in [0, 0.05) is 18.9 Å². The number of rotatable bonds is 6. The van der Waals surface area contributed by atoms with Crippen LogP contribution in [0, 0.1) is 0 Å². The maximum absolute atomic E-state index is 11.6. The minimum Gasteiger partial charge on any atom is -0.271 e. The van der Waals surface area contributed by atoms with Gasteiger partial charge < -0.3 is 0 Å². The minimum absolute atomic E-state index is 0.323. The molecule has 0 aliphatic heterocycles. The van der Waals surface area contributed by atoms with Crippen molar-refractivity contribution in [1.29, 1.82) is 0 Å². The Bertz CT molecular complexity index is 650. The lowest BCUT2D eigenvalue weighted by atomic mass is 10.3. The number of nitrogens with one attached hydrogen (secondary N) is 1. The van der Waals surface area contributed by atoms with Crippen LogP contribution in [0.2, 0.25) is 0 Å². The Kier molecular flexibility index (Phi) is 4.51. The Balaban J connectivity index is 1.94. The molecule has 2 heterocycles. The van der Waals surface area contributed by atoms with E-state index in [0.29, 0.717) is 13.1 Å². The number of pyridine rings is 1. The third-order valence-corrected chi connectivity index (χ3v) is 4.68. The number of hydrogen-bond acceptors (Lipinski definition) is 4. The summed E-state index contributed by atoms with van der Waals surface area (Å²) >= 11 is 0. The first-order valence-electron chi connectivity index (χ1n) is 6.42. The van der Waals surface area contributed by atoms with Crippen LogP contribution in [0.1, 0.15) is 13.8 Å². The largest absolute Gasteiger partial charge is 0.271 e. The van der Waals surface area contributed by atoms with Crippen LogP contribution in [-0.4, -0.2) is 35.0 Å². The standard InChI is InChI=1S/C13H18N4O2S/c1-11(2)20(18,19)15-8-10-17-9-6-13(16-17)12-5-3-4-7-14-12/h3-7,9,11,15H,8,10H2,1-2H3. The second-order valence-corrected chi connectivity index (χ2v) is 6.99. The van der Waals surface area contributed by atoms with Crippen LogP contribution < -0.4 is 4.72 Å². The molecule has 0 radical (unpaired) electrons. The van der Waals surface area contributed by atoms with Crippen molar-refractivity contribution in [3.63, 3.8) is 0 Å². The van der Waals surface area contributed by atoms with Gasteiger partial charge in [0.1, 0.15) is 5.69 Å². The summed E-state index contributed by atoms with van der Waals surface area (Å²) in [6.45, 7) is 4.10. The van der Waals surface area contributed by atoms with Gasteiger partial charge in [0.25, 0.3) is 0 Å². The summed E-state index contributed by atoms with van der Waals surface area (Å²) in [6, 6.07) is 7.49. The molecule has 0 unspecified atom stereocenters. The van der Waals surface area contributed by atoms with Gasteiger partial charge in [-0.05, 0) is 32.0 Å².